The van der Waals surface area contributed by atoms with Gasteiger partial charge in [0.15, 0.2) is 9.84 Å². The van der Waals surface area contributed by atoms with E-state index in [-0.39, 0.29) is 16.3 Å². The van der Waals surface area contributed by atoms with E-state index in [1.165, 1.54) is 12.1 Å². The number of rotatable bonds is 3. The van der Waals surface area contributed by atoms with Crippen molar-refractivity contribution in [2.75, 3.05) is 5.73 Å². The van der Waals surface area contributed by atoms with E-state index in [0.717, 1.165) is 9.64 Å². The van der Waals surface area contributed by atoms with Gasteiger partial charge in [-0.1, -0.05) is 12.1 Å². The Labute approximate surface area is 124 Å². The van der Waals surface area contributed by atoms with Crippen molar-refractivity contribution in [1.29, 1.82) is 0 Å². The van der Waals surface area contributed by atoms with E-state index >= 15 is 0 Å². The van der Waals surface area contributed by atoms with Crippen LogP contribution in [-0.4, -0.2) is 8.42 Å². The maximum atomic E-state index is 13.3. The summed E-state index contributed by atoms with van der Waals surface area (Å²) >= 11 is 2.14. The average molecular weight is 391 g/mol. The van der Waals surface area contributed by atoms with Gasteiger partial charge in [0.1, 0.15) is 5.82 Å². The molecule has 0 unspecified atom stereocenters. The quantitative estimate of drug-likeness (QED) is 0.647. The Morgan fingerprint density at radius 2 is 1.74 bits per heavy atom. The van der Waals surface area contributed by atoms with Crippen LogP contribution in [-0.2, 0) is 15.6 Å². The van der Waals surface area contributed by atoms with Crippen molar-refractivity contribution < 1.29 is 12.8 Å². The number of anilines is 1. The van der Waals surface area contributed by atoms with Crippen LogP contribution in [0.5, 0.6) is 0 Å². The molecule has 0 aliphatic carbocycles. The van der Waals surface area contributed by atoms with Crippen LogP contribution < -0.4 is 5.73 Å². The Kier molecular flexibility index (Phi) is 4.10. The predicted octanol–water partition coefficient (Wildman–Crippen LogP) is 2.99. The monoisotopic (exact) mass is 391 g/mol. The molecule has 3 nitrogen and oxygen atoms in total. The molecule has 2 aromatic rings. The Morgan fingerprint density at radius 3 is 2.32 bits per heavy atom. The highest BCUT2D eigenvalue weighted by Gasteiger charge is 2.16. The summed E-state index contributed by atoms with van der Waals surface area (Å²) in [6.07, 6.45) is 0. The van der Waals surface area contributed by atoms with Crippen LogP contribution in [0.2, 0.25) is 0 Å². The van der Waals surface area contributed by atoms with Crippen molar-refractivity contribution in [3.8, 4) is 0 Å². The molecule has 2 N–H and O–H groups in total. The summed E-state index contributed by atoms with van der Waals surface area (Å²) in [6.45, 7) is 0. The summed E-state index contributed by atoms with van der Waals surface area (Å²) < 4.78 is 38.6. The summed E-state index contributed by atoms with van der Waals surface area (Å²) in [7, 11) is -3.56. The normalized spacial score (nSPS) is 11.5. The number of halogens is 2. The molecule has 100 valence electrons. The molecule has 19 heavy (non-hydrogen) atoms. The van der Waals surface area contributed by atoms with Crippen molar-refractivity contribution in [1.82, 2.24) is 0 Å². The summed E-state index contributed by atoms with van der Waals surface area (Å²) in [6, 6.07) is 10.7. The van der Waals surface area contributed by atoms with Crippen molar-refractivity contribution in [3.05, 3.63) is 57.4 Å². The maximum Gasteiger partial charge on any atom is 0.182 e. The molecule has 6 heteroatoms. The molecular weight excluding hydrogens is 380 g/mol. The van der Waals surface area contributed by atoms with Crippen LogP contribution in [0.25, 0.3) is 0 Å². The molecule has 0 aromatic heterocycles. The largest absolute Gasteiger partial charge is 0.396 e. The SMILES string of the molecule is Nc1ccc(S(=O)(=O)Cc2ccc(I)cc2)cc1F. The predicted molar refractivity (Wildman–Crippen MR) is 80.9 cm³/mol. The zero-order valence-electron chi connectivity index (χ0n) is 9.81. The van der Waals surface area contributed by atoms with Gasteiger partial charge in [0.25, 0.3) is 0 Å². The molecule has 0 heterocycles. The van der Waals surface area contributed by atoms with Gasteiger partial charge in [-0.25, -0.2) is 12.8 Å². The molecule has 0 atom stereocenters. The zero-order chi connectivity index (χ0) is 14.0. The maximum absolute atomic E-state index is 13.3. The van der Waals surface area contributed by atoms with Crippen molar-refractivity contribution >= 4 is 38.1 Å². The van der Waals surface area contributed by atoms with Crippen LogP contribution in [0, 0.1) is 9.39 Å². The fourth-order valence-electron chi connectivity index (χ4n) is 1.58. The Hall–Kier alpha value is -1.15. The van der Waals surface area contributed by atoms with E-state index in [1.807, 2.05) is 12.1 Å². The summed E-state index contributed by atoms with van der Waals surface area (Å²) in [4.78, 5) is -0.0576. The van der Waals surface area contributed by atoms with Gasteiger partial charge in [-0.15, -0.1) is 0 Å². The average Bonchev–Trinajstić information content (AvgIpc) is 2.35. The number of benzene rings is 2. The molecule has 0 amide bonds. The van der Waals surface area contributed by atoms with Gasteiger partial charge in [-0.3, -0.25) is 0 Å². The van der Waals surface area contributed by atoms with Gasteiger partial charge in [0.05, 0.1) is 16.3 Å². The first kappa shape index (κ1) is 14.3. The van der Waals surface area contributed by atoms with Gasteiger partial charge in [0.2, 0.25) is 0 Å². The molecule has 0 bridgehead atoms. The highest BCUT2D eigenvalue weighted by Crippen LogP contribution is 2.20. The first-order valence-corrected chi connectivity index (χ1v) is 8.14. The summed E-state index contributed by atoms with van der Waals surface area (Å²) in [5.74, 6) is -0.878. The van der Waals surface area contributed by atoms with Gasteiger partial charge < -0.3 is 5.73 Å². The number of nitrogen functional groups attached to an aromatic ring is 1. The molecule has 0 spiro atoms. The second-order valence-corrected chi connectivity index (χ2v) is 7.30. The number of hydrogen-bond acceptors (Lipinski definition) is 3. The molecular formula is C13H11FINO2S. The smallest absolute Gasteiger partial charge is 0.182 e. The topological polar surface area (TPSA) is 60.2 Å². The van der Waals surface area contributed by atoms with Crippen LogP contribution in [0.1, 0.15) is 5.56 Å². The highest BCUT2D eigenvalue weighted by molar-refractivity contribution is 14.1. The van der Waals surface area contributed by atoms with Crippen LogP contribution in [0.15, 0.2) is 47.4 Å². The second-order valence-electron chi connectivity index (χ2n) is 4.07. The molecule has 0 saturated heterocycles. The molecule has 0 aliphatic rings. The Balaban J connectivity index is 2.32. The molecule has 2 rings (SSSR count). The first-order chi connectivity index (χ1) is 8.88. The first-order valence-electron chi connectivity index (χ1n) is 5.41. The van der Waals surface area contributed by atoms with Crippen LogP contribution in [0.3, 0.4) is 0 Å². The second kappa shape index (κ2) is 5.46. The highest BCUT2D eigenvalue weighted by atomic mass is 127. The third-order valence-electron chi connectivity index (χ3n) is 2.60. The Morgan fingerprint density at radius 1 is 1.11 bits per heavy atom. The molecule has 0 saturated carbocycles. The van der Waals surface area contributed by atoms with Gasteiger partial charge >= 0.3 is 0 Å². The zero-order valence-corrected chi connectivity index (χ0v) is 12.8. The molecule has 2 aromatic carbocycles. The van der Waals surface area contributed by atoms with E-state index in [1.54, 1.807) is 12.1 Å². The number of nitrogens with two attached hydrogens (primary N) is 1. The van der Waals surface area contributed by atoms with Crippen LogP contribution in [0.4, 0.5) is 10.1 Å². The van der Waals surface area contributed by atoms with Crippen molar-refractivity contribution in [3.63, 3.8) is 0 Å². The fourth-order valence-corrected chi connectivity index (χ4v) is 3.30. The lowest BCUT2D eigenvalue weighted by Gasteiger charge is -2.06. The number of sulfone groups is 1. The lowest BCUT2D eigenvalue weighted by Crippen LogP contribution is -2.06. The minimum Gasteiger partial charge on any atom is -0.396 e. The number of hydrogen-bond donors (Lipinski definition) is 1. The molecule has 0 fully saturated rings. The van der Waals surface area contributed by atoms with Crippen LogP contribution >= 0.6 is 22.6 Å². The third kappa shape index (κ3) is 3.44. The van der Waals surface area contributed by atoms with Crippen molar-refractivity contribution in [2.24, 2.45) is 0 Å². The van der Waals surface area contributed by atoms with Gasteiger partial charge in [-0.2, -0.15) is 0 Å². The Bertz CT molecular complexity index is 699. The van der Waals surface area contributed by atoms with E-state index in [9.17, 15) is 12.8 Å². The van der Waals surface area contributed by atoms with Gasteiger partial charge in [0, 0.05) is 3.57 Å². The van der Waals surface area contributed by atoms with E-state index in [4.69, 9.17) is 5.73 Å². The minimum absolute atomic E-state index is 0.0576. The van der Waals surface area contributed by atoms with E-state index in [0.29, 0.717) is 5.56 Å². The summed E-state index contributed by atoms with van der Waals surface area (Å²) in [5, 5.41) is 0. The standard InChI is InChI=1S/C13H11FINO2S/c14-12-7-11(5-6-13(12)16)19(17,18)8-9-1-3-10(15)4-2-9/h1-7H,8,16H2. The summed E-state index contributed by atoms with van der Waals surface area (Å²) in [5.41, 5.74) is 5.93. The van der Waals surface area contributed by atoms with E-state index in [2.05, 4.69) is 22.6 Å². The van der Waals surface area contributed by atoms with Crippen molar-refractivity contribution in [2.45, 2.75) is 10.6 Å². The fraction of sp³-hybridized carbons (Fsp3) is 0.0769. The minimum atomic E-state index is -3.56. The lowest BCUT2D eigenvalue weighted by molar-refractivity contribution is 0.591. The molecule has 0 aliphatic heterocycles. The van der Waals surface area contributed by atoms with E-state index < -0.39 is 15.7 Å². The van der Waals surface area contributed by atoms with Gasteiger partial charge in [-0.05, 0) is 58.5 Å². The third-order valence-corrected chi connectivity index (χ3v) is 5.01. The molecule has 0 radical (unpaired) electrons. The lowest BCUT2D eigenvalue weighted by atomic mass is 10.2.